The quantitative estimate of drug-likeness (QED) is 0.916. The van der Waals surface area contributed by atoms with Gasteiger partial charge in [0.25, 0.3) is 0 Å². The molecule has 1 amide bonds. The Bertz CT molecular complexity index is 612. The average molecular weight is 283 g/mol. The van der Waals surface area contributed by atoms with E-state index < -0.39 is 6.09 Å². The molecular formula is C16H17N3O2. The first kappa shape index (κ1) is 14.7. The summed E-state index contributed by atoms with van der Waals surface area (Å²) in [6.45, 7) is 2.52. The Kier molecular flexibility index (Phi) is 5.46. The summed E-state index contributed by atoms with van der Waals surface area (Å²) >= 11 is 0. The van der Waals surface area contributed by atoms with Crippen molar-refractivity contribution in [1.82, 2.24) is 15.3 Å². The van der Waals surface area contributed by atoms with Gasteiger partial charge in [-0.25, -0.2) is 4.79 Å². The van der Waals surface area contributed by atoms with E-state index in [9.17, 15) is 4.79 Å². The Balaban J connectivity index is 1.69. The fraction of sp³-hybridized carbons (Fsp3) is 0.188. The third kappa shape index (κ3) is 5.44. The van der Waals surface area contributed by atoms with Gasteiger partial charge in [-0.05, 0) is 18.6 Å². The van der Waals surface area contributed by atoms with Crippen LogP contribution in [0.4, 0.5) is 4.79 Å². The number of carbonyl (C=O) groups excluding carboxylic acids is 1. The zero-order valence-corrected chi connectivity index (χ0v) is 11.8. The highest BCUT2D eigenvalue weighted by Gasteiger charge is 2.00. The fourth-order valence-electron chi connectivity index (χ4n) is 1.66. The van der Waals surface area contributed by atoms with Crippen molar-refractivity contribution in [3.05, 3.63) is 65.8 Å². The van der Waals surface area contributed by atoms with E-state index in [2.05, 4.69) is 15.3 Å². The summed E-state index contributed by atoms with van der Waals surface area (Å²) in [7, 11) is 0. The monoisotopic (exact) mass is 283 g/mol. The third-order valence-corrected chi connectivity index (χ3v) is 2.64. The van der Waals surface area contributed by atoms with Crippen molar-refractivity contribution in [3.63, 3.8) is 0 Å². The van der Waals surface area contributed by atoms with E-state index >= 15 is 0 Å². The minimum atomic E-state index is -0.446. The number of hydrogen-bond donors (Lipinski definition) is 1. The summed E-state index contributed by atoms with van der Waals surface area (Å²) in [6, 6.07) is 9.54. The largest absolute Gasteiger partial charge is 0.445 e. The van der Waals surface area contributed by atoms with Gasteiger partial charge in [-0.1, -0.05) is 36.4 Å². The second-order valence-electron chi connectivity index (χ2n) is 4.43. The molecule has 0 unspecified atom stereocenters. The second-order valence-corrected chi connectivity index (χ2v) is 4.43. The van der Waals surface area contributed by atoms with E-state index in [0.717, 1.165) is 17.0 Å². The second kappa shape index (κ2) is 7.79. The predicted octanol–water partition coefficient (Wildman–Crippen LogP) is 2.72. The molecule has 1 N–H and O–H groups in total. The fourth-order valence-corrected chi connectivity index (χ4v) is 1.66. The summed E-state index contributed by atoms with van der Waals surface area (Å²) in [5.74, 6) is 0. The van der Waals surface area contributed by atoms with Crippen molar-refractivity contribution < 1.29 is 9.53 Å². The molecule has 21 heavy (non-hydrogen) atoms. The number of carbonyl (C=O) groups is 1. The number of alkyl carbamates (subject to hydrolysis) is 1. The molecule has 0 saturated heterocycles. The maximum atomic E-state index is 11.5. The van der Waals surface area contributed by atoms with Crippen LogP contribution < -0.4 is 5.32 Å². The topological polar surface area (TPSA) is 64.1 Å². The lowest BCUT2D eigenvalue weighted by Crippen LogP contribution is -2.24. The number of hydrogen-bond acceptors (Lipinski definition) is 4. The molecule has 5 nitrogen and oxygen atoms in total. The molecule has 0 aliphatic rings. The molecule has 0 spiro atoms. The van der Waals surface area contributed by atoms with Gasteiger partial charge in [0.05, 0.1) is 17.6 Å². The number of nitrogens with zero attached hydrogens (tertiary/aromatic N) is 2. The minimum absolute atomic E-state index is 0.264. The number of amides is 1. The van der Waals surface area contributed by atoms with E-state index in [4.69, 9.17) is 4.74 Å². The van der Waals surface area contributed by atoms with Crippen LogP contribution in [0, 0.1) is 6.92 Å². The van der Waals surface area contributed by atoms with Crippen molar-refractivity contribution in [2.75, 3.05) is 6.54 Å². The van der Waals surface area contributed by atoms with Gasteiger partial charge in [-0.2, -0.15) is 0 Å². The van der Waals surface area contributed by atoms with Crippen LogP contribution >= 0.6 is 0 Å². The van der Waals surface area contributed by atoms with Crippen LogP contribution in [-0.4, -0.2) is 22.6 Å². The summed E-state index contributed by atoms with van der Waals surface area (Å²) in [5.41, 5.74) is 2.57. The Morgan fingerprint density at radius 2 is 2.10 bits per heavy atom. The zero-order valence-electron chi connectivity index (χ0n) is 11.8. The van der Waals surface area contributed by atoms with Crippen LogP contribution in [0.5, 0.6) is 0 Å². The maximum absolute atomic E-state index is 11.5. The van der Waals surface area contributed by atoms with Gasteiger partial charge >= 0.3 is 6.09 Å². The lowest BCUT2D eigenvalue weighted by atomic mass is 10.2. The minimum Gasteiger partial charge on any atom is -0.445 e. The summed E-state index contributed by atoms with van der Waals surface area (Å²) in [4.78, 5) is 19.8. The number of ether oxygens (including phenoxy) is 1. The molecule has 1 aromatic heterocycles. The Labute approximate surface area is 123 Å². The molecule has 0 radical (unpaired) electrons. The molecule has 0 bridgehead atoms. The van der Waals surface area contributed by atoms with Gasteiger partial charge in [0.1, 0.15) is 6.61 Å². The van der Waals surface area contributed by atoms with E-state index in [1.165, 1.54) is 0 Å². The first-order valence-corrected chi connectivity index (χ1v) is 6.64. The molecule has 5 heteroatoms. The highest BCUT2D eigenvalue weighted by molar-refractivity contribution is 5.67. The van der Waals surface area contributed by atoms with Gasteiger partial charge in [-0.15, -0.1) is 0 Å². The normalized spacial score (nSPS) is 10.5. The van der Waals surface area contributed by atoms with E-state index in [-0.39, 0.29) is 6.61 Å². The molecule has 1 aromatic carbocycles. The van der Waals surface area contributed by atoms with Gasteiger partial charge in [-0.3, -0.25) is 9.97 Å². The lowest BCUT2D eigenvalue weighted by molar-refractivity contribution is 0.141. The van der Waals surface area contributed by atoms with E-state index in [1.807, 2.05) is 37.3 Å². The van der Waals surface area contributed by atoms with Gasteiger partial charge in [0.15, 0.2) is 0 Å². The first-order valence-electron chi connectivity index (χ1n) is 6.64. The molecule has 0 aliphatic carbocycles. The van der Waals surface area contributed by atoms with Crippen molar-refractivity contribution in [3.8, 4) is 0 Å². The highest BCUT2D eigenvalue weighted by atomic mass is 16.5. The molecule has 0 atom stereocenters. The molecule has 0 fully saturated rings. The van der Waals surface area contributed by atoms with Gasteiger partial charge in [0, 0.05) is 12.7 Å². The third-order valence-electron chi connectivity index (χ3n) is 2.64. The number of rotatable bonds is 5. The molecule has 2 aromatic rings. The number of nitrogens with one attached hydrogen (secondary N) is 1. The Morgan fingerprint density at radius 1 is 1.29 bits per heavy atom. The number of benzene rings is 1. The number of aromatic nitrogens is 2. The predicted molar refractivity (Wildman–Crippen MR) is 80.4 cm³/mol. The molecular weight excluding hydrogens is 266 g/mol. The SMILES string of the molecule is Cc1cncc(C=CCNC(=O)OCc2ccccc2)n1. The summed E-state index contributed by atoms with van der Waals surface area (Å²) in [6.07, 6.45) is 6.51. The van der Waals surface area contributed by atoms with Crippen molar-refractivity contribution in [1.29, 1.82) is 0 Å². The molecule has 2 rings (SSSR count). The zero-order chi connectivity index (χ0) is 14.9. The molecule has 1 heterocycles. The average Bonchev–Trinajstić information content (AvgIpc) is 2.51. The van der Waals surface area contributed by atoms with Crippen molar-refractivity contribution in [2.45, 2.75) is 13.5 Å². The first-order chi connectivity index (χ1) is 10.2. The van der Waals surface area contributed by atoms with Crippen LogP contribution in [0.1, 0.15) is 17.0 Å². The van der Waals surface area contributed by atoms with Crippen LogP contribution in [0.3, 0.4) is 0 Å². The van der Waals surface area contributed by atoms with Crippen LogP contribution in [0.15, 0.2) is 48.8 Å². The lowest BCUT2D eigenvalue weighted by Gasteiger charge is -2.05. The van der Waals surface area contributed by atoms with Crippen LogP contribution in [0.25, 0.3) is 6.08 Å². The standard InChI is InChI=1S/C16H17N3O2/c1-13-10-17-11-15(19-13)8-5-9-18-16(20)21-12-14-6-3-2-4-7-14/h2-8,10-11H,9,12H2,1H3,(H,18,20). The smallest absolute Gasteiger partial charge is 0.407 e. The van der Waals surface area contributed by atoms with Crippen LogP contribution in [0.2, 0.25) is 0 Å². The highest BCUT2D eigenvalue weighted by Crippen LogP contribution is 2.00. The van der Waals surface area contributed by atoms with Gasteiger partial charge < -0.3 is 10.1 Å². The van der Waals surface area contributed by atoms with E-state index in [0.29, 0.717) is 6.54 Å². The molecule has 0 aliphatic heterocycles. The van der Waals surface area contributed by atoms with Gasteiger partial charge in [0.2, 0.25) is 0 Å². The summed E-state index contributed by atoms with van der Waals surface area (Å²) < 4.78 is 5.09. The van der Waals surface area contributed by atoms with Crippen molar-refractivity contribution >= 4 is 12.2 Å². The van der Waals surface area contributed by atoms with E-state index in [1.54, 1.807) is 24.5 Å². The maximum Gasteiger partial charge on any atom is 0.407 e. The molecule has 108 valence electrons. The Morgan fingerprint density at radius 3 is 2.86 bits per heavy atom. The Hall–Kier alpha value is -2.69. The molecule has 0 saturated carbocycles. The van der Waals surface area contributed by atoms with Crippen LogP contribution in [-0.2, 0) is 11.3 Å². The number of aryl methyl sites for hydroxylation is 1. The summed E-state index contributed by atoms with van der Waals surface area (Å²) in [5, 5.41) is 2.64. The van der Waals surface area contributed by atoms with Crippen molar-refractivity contribution in [2.24, 2.45) is 0 Å².